The van der Waals surface area contributed by atoms with E-state index in [4.69, 9.17) is 9.98 Å². The second-order valence-corrected chi connectivity index (χ2v) is 15.2. The van der Waals surface area contributed by atoms with E-state index in [-0.39, 0.29) is 17.7 Å². The predicted molar refractivity (Wildman–Crippen MR) is 240 cm³/mol. The molecule has 0 radical (unpaired) electrons. The summed E-state index contributed by atoms with van der Waals surface area (Å²) >= 11 is 0. The van der Waals surface area contributed by atoms with Crippen LogP contribution in [0.1, 0.15) is 86.9 Å². The van der Waals surface area contributed by atoms with E-state index in [1.807, 2.05) is 24.3 Å². The molecular weight excluding hydrogens is 708 g/mol. The maximum Gasteiger partial charge on any atom is 0.123 e. The van der Waals surface area contributed by atoms with Crippen LogP contribution in [-0.2, 0) is 12.8 Å². The molecule has 0 aromatic heterocycles. The summed E-state index contributed by atoms with van der Waals surface area (Å²) < 4.78 is 16.8. The van der Waals surface area contributed by atoms with E-state index < -0.39 is 0 Å². The molecule has 8 aromatic carbocycles. The Bertz CT molecular complexity index is 2590. The molecule has 1 aliphatic rings. The number of hydrogen-bond acceptors (Lipinski definition) is 2. The van der Waals surface area contributed by atoms with E-state index in [1.165, 1.54) is 16.7 Å². The van der Waals surface area contributed by atoms with Crippen LogP contribution in [0.4, 0.5) is 15.8 Å². The van der Waals surface area contributed by atoms with Crippen molar-refractivity contribution in [3.8, 4) is 0 Å². The molecule has 8 aromatic rings. The summed E-state index contributed by atoms with van der Waals surface area (Å²) in [4.78, 5) is 11.6. The molecule has 0 aliphatic heterocycles. The zero-order valence-electron chi connectivity index (χ0n) is 33.2. The normalized spacial score (nSPS) is 13.7. The first-order valence-corrected chi connectivity index (χ1v) is 20.4. The van der Waals surface area contributed by atoms with Gasteiger partial charge in [-0.05, 0) is 81.8 Å². The van der Waals surface area contributed by atoms with Gasteiger partial charge >= 0.3 is 0 Å². The van der Waals surface area contributed by atoms with Gasteiger partial charge in [0.05, 0.1) is 22.8 Å². The number of nitrogens with zero attached hydrogens (tertiary/aromatic N) is 2. The Kier molecular flexibility index (Phi) is 10.2. The summed E-state index contributed by atoms with van der Waals surface area (Å²) in [7, 11) is 0. The molecule has 0 bridgehead atoms. The fourth-order valence-electron chi connectivity index (χ4n) is 8.95. The molecule has 0 saturated heterocycles. The zero-order chi connectivity index (χ0) is 39.6. The third-order valence-corrected chi connectivity index (χ3v) is 11.5. The van der Waals surface area contributed by atoms with Gasteiger partial charge in [-0.25, -0.2) is 14.4 Å². The van der Waals surface area contributed by atoms with Crippen LogP contribution in [-0.4, -0.2) is 11.4 Å². The quantitative estimate of drug-likeness (QED) is 0.124. The Morgan fingerprint density at radius 3 is 1.21 bits per heavy atom. The lowest BCUT2D eigenvalue weighted by atomic mass is 9.79. The Labute approximate surface area is 341 Å². The summed E-state index contributed by atoms with van der Waals surface area (Å²) in [6, 6.07) is 62.6. The highest BCUT2D eigenvalue weighted by Crippen LogP contribution is 2.47. The van der Waals surface area contributed by atoms with E-state index >= 15 is 4.39 Å². The van der Waals surface area contributed by atoms with Crippen molar-refractivity contribution in [1.82, 2.24) is 0 Å². The van der Waals surface area contributed by atoms with Crippen LogP contribution in [0.3, 0.4) is 0 Å². The van der Waals surface area contributed by atoms with E-state index in [0.717, 1.165) is 90.9 Å². The van der Waals surface area contributed by atoms with Crippen LogP contribution in [0.2, 0.25) is 0 Å². The number of hydrogen-bond donors (Lipinski definition) is 0. The molecule has 0 heterocycles. The van der Waals surface area contributed by atoms with Gasteiger partial charge in [0.1, 0.15) is 5.82 Å². The molecule has 0 saturated carbocycles. The number of rotatable bonds is 10. The van der Waals surface area contributed by atoms with Gasteiger partial charge in [-0.2, -0.15) is 0 Å². The third-order valence-electron chi connectivity index (χ3n) is 11.5. The Morgan fingerprint density at radius 1 is 0.448 bits per heavy atom. The lowest BCUT2D eigenvalue weighted by Gasteiger charge is -2.26. The SMILES string of the molecule is CCc1cc(C)cc(CC)c1N=C1C(=Nc2c(C(c3ccccc3)c3ccccc3)cc(F)cc2C(c2ccccc2)c2ccccc2)c2cccc3cccc1c23. The Hall–Kier alpha value is -6.71. The van der Waals surface area contributed by atoms with Gasteiger partial charge < -0.3 is 0 Å². The van der Waals surface area contributed by atoms with Gasteiger partial charge in [-0.15, -0.1) is 0 Å². The molecule has 2 nitrogen and oxygen atoms in total. The van der Waals surface area contributed by atoms with Crippen LogP contribution < -0.4 is 0 Å². The lowest BCUT2D eigenvalue weighted by molar-refractivity contribution is 0.622. The summed E-state index contributed by atoms with van der Waals surface area (Å²) in [5.41, 5.74) is 15.0. The van der Waals surface area contributed by atoms with Crippen LogP contribution in [0.25, 0.3) is 10.8 Å². The minimum Gasteiger partial charge on any atom is -0.246 e. The van der Waals surface area contributed by atoms with E-state index in [0.29, 0.717) is 0 Å². The third kappa shape index (κ3) is 6.88. The standard InChI is InChI=1S/C55H45FN2/c1-4-37-32-36(3)33-38(5-2)52(37)57-54-45-30-18-28-43-29-19-31-46(51(43)45)55(54)58-53-47(49(39-20-10-6-11-21-39)40-22-12-7-13-23-40)34-44(56)35-48(53)50(41-24-14-8-15-25-41)42-26-16-9-17-27-42/h6-35,49-50H,4-5H2,1-3H3. The molecule has 3 heteroatoms. The van der Waals surface area contributed by atoms with E-state index in [2.05, 4.69) is 166 Å². The zero-order valence-corrected chi connectivity index (χ0v) is 33.2. The van der Waals surface area contributed by atoms with Gasteiger partial charge in [0.15, 0.2) is 0 Å². The molecule has 0 amide bonds. The maximum absolute atomic E-state index is 16.8. The smallest absolute Gasteiger partial charge is 0.123 e. The van der Waals surface area contributed by atoms with Crippen molar-refractivity contribution in [3.63, 3.8) is 0 Å². The molecule has 282 valence electrons. The number of benzene rings is 8. The summed E-state index contributed by atoms with van der Waals surface area (Å²) in [5.74, 6) is -0.911. The molecule has 9 rings (SSSR count). The molecule has 1 aliphatic carbocycles. The summed E-state index contributed by atoms with van der Waals surface area (Å²) in [6.45, 7) is 6.57. The highest BCUT2D eigenvalue weighted by molar-refractivity contribution is 6.61. The average molecular weight is 753 g/mol. The van der Waals surface area contributed by atoms with Gasteiger partial charge in [0.25, 0.3) is 0 Å². The summed E-state index contributed by atoms with van der Waals surface area (Å²) in [5, 5.41) is 2.28. The van der Waals surface area contributed by atoms with Crippen molar-refractivity contribution < 1.29 is 4.39 Å². The second kappa shape index (κ2) is 16.0. The number of halogens is 1. The largest absolute Gasteiger partial charge is 0.246 e. The van der Waals surface area contributed by atoms with Crippen LogP contribution >= 0.6 is 0 Å². The van der Waals surface area contributed by atoms with Gasteiger partial charge in [0, 0.05) is 28.3 Å². The summed E-state index contributed by atoms with van der Waals surface area (Å²) in [6.07, 6.45) is 1.73. The van der Waals surface area contributed by atoms with Crippen molar-refractivity contribution in [2.24, 2.45) is 9.98 Å². The number of aliphatic imine (C=N–C) groups is 2. The lowest BCUT2D eigenvalue weighted by Crippen LogP contribution is -2.14. The minimum atomic E-state index is -0.307. The highest BCUT2D eigenvalue weighted by atomic mass is 19.1. The maximum atomic E-state index is 16.8. The Morgan fingerprint density at radius 2 is 0.828 bits per heavy atom. The van der Waals surface area contributed by atoms with Gasteiger partial charge in [-0.1, -0.05) is 189 Å². The fourth-order valence-corrected chi connectivity index (χ4v) is 8.95. The van der Waals surface area contributed by atoms with E-state index in [1.54, 1.807) is 12.1 Å². The van der Waals surface area contributed by atoms with Gasteiger partial charge in [-0.3, -0.25) is 0 Å². The van der Waals surface area contributed by atoms with Crippen LogP contribution in [0.5, 0.6) is 0 Å². The minimum absolute atomic E-state index is 0.298. The monoisotopic (exact) mass is 752 g/mol. The number of aryl methyl sites for hydroxylation is 3. The first-order chi connectivity index (χ1) is 28.5. The first-order valence-electron chi connectivity index (χ1n) is 20.4. The highest BCUT2D eigenvalue weighted by Gasteiger charge is 2.32. The van der Waals surface area contributed by atoms with Crippen molar-refractivity contribution in [3.05, 3.63) is 249 Å². The molecule has 0 spiro atoms. The van der Waals surface area contributed by atoms with Gasteiger partial charge in [0.2, 0.25) is 0 Å². The fraction of sp³-hybridized carbons (Fsp3) is 0.127. The van der Waals surface area contributed by atoms with Crippen LogP contribution in [0, 0.1) is 12.7 Å². The molecule has 0 fully saturated rings. The first kappa shape index (κ1) is 36.9. The second-order valence-electron chi connectivity index (χ2n) is 15.2. The molecule has 58 heavy (non-hydrogen) atoms. The van der Waals surface area contributed by atoms with Crippen molar-refractivity contribution >= 4 is 33.6 Å². The van der Waals surface area contributed by atoms with Crippen molar-refractivity contribution in [2.45, 2.75) is 45.4 Å². The van der Waals surface area contributed by atoms with Crippen molar-refractivity contribution in [2.75, 3.05) is 0 Å². The molecule has 0 atom stereocenters. The van der Waals surface area contributed by atoms with Crippen molar-refractivity contribution in [1.29, 1.82) is 0 Å². The predicted octanol–water partition coefficient (Wildman–Crippen LogP) is 14.0. The van der Waals surface area contributed by atoms with E-state index in [9.17, 15) is 0 Å². The average Bonchev–Trinajstić information content (AvgIpc) is 3.56. The Balaban J connectivity index is 1.42. The molecule has 0 N–H and O–H groups in total. The molecule has 0 unspecified atom stereocenters. The topological polar surface area (TPSA) is 24.7 Å². The molecular formula is C55H45FN2. The van der Waals surface area contributed by atoms with Crippen LogP contribution in [0.15, 0.2) is 192 Å².